The number of carbonyl (C=O) groups excluding carboxylic acids is 1. The van der Waals surface area contributed by atoms with Crippen LogP contribution in [0.5, 0.6) is 0 Å². The Hall–Kier alpha value is -3.86. The van der Waals surface area contributed by atoms with Crippen LogP contribution in [0.2, 0.25) is 0 Å². The molecule has 1 amide bonds. The second kappa shape index (κ2) is 11.2. The molecule has 4 aromatic rings. The highest BCUT2D eigenvalue weighted by Crippen LogP contribution is 2.38. The second-order valence-corrected chi connectivity index (χ2v) is 12.0. The number of anilines is 1. The van der Waals surface area contributed by atoms with Crippen LogP contribution in [-0.4, -0.2) is 56.8 Å². The Labute approximate surface area is 243 Å². The fraction of sp³-hybridized carbons (Fsp3) is 0.355. The van der Waals surface area contributed by atoms with Crippen LogP contribution in [0.25, 0.3) is 21.7 Å². The summed E-state index contributed by atoms with van der Waals surface area (Å²) in [6.07, 6.45) is 2.72. The maximum atomic E-state index is 13.3. The first-order valence-electron chi connectivity index (χ1n) is 14.0. The first-order chi connectivity index (χ1) is 19.8. The highest BCUT2D eigenvalue weighted by atomic mass is 32.1. The maximum Gasteiger partial charge on any atom is 0.317 e. The third-order valence-electron chi connectivity index (χ3n) is 8.12. The Morgan fingerprint density at radius 2 is 1.83 bits per heavy atom. The van der Waals surface area contributed by atoms with Gasteiger partial charge in [-0.2, -0.15) is 5.10 Å². The van der Waals surface area contributed by atoms with Gasteiger partial charge in [-0.05, 0) is 74.5 Å². The van der Waals surface area contributed by atoms with E-state index in [1.807, 2.05) is 23.7 Å². The van der Waals surface area contributed by atoms with Crippen LogP contribution in [0.4, 0.5) is 5.69 Å². The maximum absolute atomic E-state index is 13.3. The van der Waals surface area contributed by atoms with Gasteiger partial charge in [0.1, 0.15) is 5.01 Å². The van der Waals surface area contributed by atoms with Crippen molar-refractivity contribution in [3.63, 3.8) is 0 Å². The SMILES string of the molecule is Cc1c(NC(=O)c2cc3n(n2)CCCC3NCC(=O)O)cccc1-c1cccc(-c2nc3c(s2)CCN(C)C3)c1C. The number of rotatable bonds is 7. The number of carboxylic acid groups (broad SMARTS) is 1. The van der Waals surface area contributed by atoms with Gasteiger partial charge in [0, 0.05) is 41.8 Å². The molecule has 0 saturated heterocycles. The Bertz CT molecular complexity index is 1640. The molecular weight excluding hydrogens is 536 g/mol. The minimum absolute atomic E-state index is 0.133. The number of hydrogen-bond donors (Lipinski definition) is 3. The zero-order chi connectivity index (χ0) is 28.7. The van der Waals surface area contributed by atoms with Gasteiger partial charge >= 0.3 is 5.97 Å². The van der Waals surface area contributed by atoms with Crippen LogP contribution in [0.1, 0.15) is 56.8 Å². The number of benzene rings is 2. The molecule has 0 fully saturated rings. The molecule has 10 heteroatoms. The van der Waals surface area contributed by atoms with Crippen molar-refractivity contribution in [1.29, 1.82) is 0 Å². The van der Waals surface area contributed by atoms with E-state index in [4.69, 9.17) is 10.1 Å². The molecule has 0 spiro atoms. The minimum Gasteiger partial charge on any atom is -0.480 e. The van der Waals surface area contributed by atoms with E-state index in [1.165, 1.54) is 16.1 Å². The quantitative estimate of drug-likeness (QED) is 0.285. The lowest BCUT2D eigenvalue weighted by atomic mass is 9.93. The number of likely N-dealkylation sites (N-methyl/N-ethyl adjacent to an activating group) is 1. The standard InChI is InChI=1S/C31H34N6O3S/c1-18-20(7-4-9-22(18)31-34-26-17-36(3)14-12-28(26)41-31)21-8-5-10-23(19(21)2)33-30(40)25-15-27-24(32-16-29(38)39)11-6-13-37(27)35-25/h4-5,7-10,15,24,32H,6,11-14,16-17H2,1-3H3,(H,33,40)(H,38,39). The van der Waals surface area contributed by atoms with Crippen molar-refractivity contribution in [3.8, 4) is 21.7 Å². The molecule has 0 radical (unpaired) electrons. The summed E-state index contributed by atoms with van der Waals surface area (Å²) in [6, 6.07) is 14.0. The summed E-state index contributed by atoms with van der Waals surface area (Å²) < 4.78 is 1.81. The van der Waals surface area contributed by atoms with Crippen LogP contribution in [0.3, 0.4) is 0 Å². The third-order valence-corrected chi connectivity index (χ3v) is 9.31. The van der Waals surface area contributed by atoms with Crippen molar-refractivity contribution in [1.82, 2.24) is 25.0 Å². The molecule has 0 aliphatic carbocycles. The number of nitrogens with one attached hydrogen (secondary N) is 2. The summed E-state index contributed by atoms with van der Waals surface area (Å²) in [5, 5.41) is 20.8. The molecule has 9 nitrogen and oxygen atoms in total. The molecule has 2 aliphatic rings. The molecule has 212 valence electrons. The van der Waals surface area contributed by atoms with Crippen LogP contribution in [0, 0.1) is 13.8 Å². The van der Waals surface area contributed by atoms with Crippen LogP contribution in [-0.2, 0) is 24.3 Å². The number of nitrogens with zero attached hydrogens (tertiary/aromatic N) is 4. The third kappa shape index (κ3) is 5.42. The summed E-state index contributed by atoms with van der Waals surface area (Å²) >= 11 is 1.80. The number of carbonyl (C=O) groups is 2. The monoisotopic (exact) mass is 570 g/mol. The second-order valence-electron chi connectivity index (χ2n) is 10.9. The van der Waals surface area contributed by atoms with E-state index >= 15 is 0 Å². The Morgan fingerprint density at radius 3 is 2.63 bits per heavy atom. The predicted octanol–water partition coefficient (Wildman–Crippen LogP) is 5.04. The van der Waals surface area contributed by atoms with Crippen molar-refractivity contribution >= 4 is 28.9 Å². The van der Waals surface area contributed by atoms with Gasteiger partial charge in [-0.1, -0.05) is 30.3 Å². The number of aromatic nitrogens is 3. The number of fused-ring (bicyclic) bond motifs is 2. The lowest BCUT2D eigenvalue weighted by Gasteiger charge is -2.23. The summed E-state index contributed by atoms with van der Waals surface area (Å²) in [4.78, 5) is 33.1. The van der Waals surface area contributed by atoms with Gasteiger partial charge in [0.25, 0.3) is 5.91 Å². The molecule has 2 aliphatic heterocycles. The molecule has 4 heterocycles. The van der Waals surface area contributed by atoms with Crippen molar-refractivity contribution in [3.05, 3.63) is 75.6 Å². The van der Waals surface area contributed by atoms with E-state index in [9.17, 15) is 9.59 Å². The molecule has 1 unspecified atom stereocenters. The van der Waals surface area contributed by atoms with Gasteiger partial charge in [0.05, 0.1) is 17.9 Å². The van der Waals surface area contributed by atoms with Crippen LogP contribution in [0.15, 0.2) is 42.5 Å². The molecule has 1 atom stereocenters. The largest absolute Gasteiger partial charge is 0.480 e. The molecule has 0 saturated carbocycles. The van der Waals surface area contributed by atoms with E-state index in [0.717, 1.165) is 71.0 Å². The Kier molecular flexibility index (Phi) is 7.46. The van der Waals surface area contributed by atoms with Gasteiger partial charge < -0.3 is 15.3 Å². The van der Waals surface area contributed by atoms with Crippen LogP contribution >= 0.6 is 11.3 Å². The number of amides is 1. The molecule has 2 aromatic carbocycles. The number of aliphatic carboxylic acids is 1. The zero-order valence-corrected chi connectivity index (χ0v) is 24.3. The Morgan fingerprint density at radius 1 is 1.07 bits per heavy atom. The molecule has 3 N–H and O–H groups in total. The van der Waals surface area contributed by atoms with Crippen LogP contribution < -0.4 is 10.6 Å². The van der Waals surface area contributed by atoms with Crippen molar-refractivity contribution in [2.24, 2.45) is 0 Å². The molecule has 41 heavy (non-hydrogen) atoms. The molecule has 6 rings (SSSR count). The number of hydrogen-bond acceptors (Lipinski definition) is 7. The summed E-state index contributed by atoms with van der Waals surface area (Å²) in [5.74, 6) is -1.19. The van der Waals surface area contributed by atoms with Crippen molar-refractivity contribution in [2.45, 2.75) is 52.2 Å². The highest BCUT2D eigenvalue weighted by Gasteiger charge is 2.25. The number of carboxylic acids is 1. The summed E-state index contributed by atoms with van der Waals surface area (Å²) in [5.41, 5.74) is 8.56. The van der Waals surface area contributed by atoms with Crippen molar-refractivity contribution in [2.75, 3.05) is 25.5 Å². The van der Waals surface area contributed by atoms with E-state index in [0.29, 0.717) is 12.2 Å². The zero-order valence-electron chi connectivity index (χ0n) is 23.5. The summed E-state index contributed by atoms with van der Waals surface area (Å²) in [7, 11) is 2.14. The smallest absolute Gasteiger partial charge is 0.317 e. The lowest BCUT2D eigenvalue weighted by Crippen LogP contribution is -2.31. The average Bonchev–Trinajstić information content (AvgIpc) is 3.58. The number of aryl methyl sites for hydroxylation is 1. The lowest BCUT2D eigenvalue weighted by molar-refractivity contribution is -0.136. The topological polar surface area (TPSA) is 112 Å². The van der Waals surface area contributed by atoms with Gasteiger partial charge in [-0.3, -0.25) is 19.6 Å². The van der Waals surface area contributed by atoms with Crippen molar-refractivity contribution < 1.29 is 14.7 Å². The molecular formula is C31H34N6O3S. The average molecular weight is 571 g/mol. The molecule has 2 aromatic heterocycles. The highest BCUT2D eigenvalue weighted by molar-refractivity contribution is 7.15. The van der Waals surface area contributed by atoms with Gasteiger partial charge in [0.2, 0.25) is 0 Å². The van der Waals surface area contributed by atoms with E-state index in [2.05, 4.69) is 58.9 Å². The first kappa shape index (κ1) is 27.3. The van der Waals surface area contributed by atoms with E-state index in [-0.39, 0.29) is 18.5 Å². The summed E-state index contributed by atoms with van der Waals surface area (Å²) in [6.45, 7) is 6.70. The first-order valence-corrected chi connectivity index (χ1v) is 14.8. The van der Waals surface area contributed by atoms with Gasteiger partial charge in [-0.15, -0.1) is 11.3 Å². The Balaban J connectivity index is 1.26. The normalized spacial score (nSPS) is 16.7. The van der Waals surface area contributed by atoms with E-state index in [1.54, 1.807) is 17.4 Å². The van der Waals surface area contributed by atoms with Gasteiger partial charge in [-0.25, -0.2) is 4.98 Å². The van der Waals surface area contributed by atoms with E-state index < -0.39 is 5.97 Å². The fourth-order valence-corrected chi connectivity index (χ4v) is 7.01. The molecule has 0 bridgehead atoms. The fourth-order valence-electron chi connectivity index (χ4n) is 5.86. The number of thiazole rings is 1. The predicted molar refractivity (Wildman–Crippen MR) is 160 cm³/mol. The minimum atomic E-state index is -0.908. The van der Waals surface area contributed by atoms with Gasteiger partial charge in [0.15, 0.2) is 5.69 Å².